The smallest absolute Gasteiger partial charge is 0.305 e. The highest BCUT2D eigenvalue weighted by atomic mass is 16.5. The van der Waals surface area contributed by atoms with Gasteiger partial charge in [0.2, 0.25) is 0 Å². The number of ether oxygens (including phenoxy) is 2. The maximum atomic E-state index is 11.9. The molecule has 0 amide bonds. The van der Waals surface area contributed by atoms with Crippen molar-refractivity contribution in [3.05, 3.63) is 0 Å². The zero-order chi connectivity index (χ0) is 23.9. The van der Waals surface area contributed by atoms with Crippen LogP contribution in [0.25, 0.3) is 0 Å². The van der Waals surface area contributed by atoms with Crippen LogP contribution in [-0.4, -0.2) is 36.6 Å². The van der Waals surface area contributed by atoms with Gasteiger partial charge in [0.1, 0.15) is 0 Å². The Bertz CT molecular complexity index is 571. The Morgan fingerprint density at radius 2 is 1.03 bits per heavy atom. The largest absolute Gasteiger partial charge is 0.466 e. The van der Waals surface area contributed by atoms with Crippen LogP contribution in [0.2, 0.25) is 0 Å². The fraction of sp³-hybridized carbons (Fsp3) is 0.846. The molecule has 0 spiro atoms. The molecule has 0 aliphatic carbocycles. The lowest BCUT2D eigenvalue weighted by molar-refractivity contribution is -0.146. The molecule has 1 heterocycles. The minimum atomic E-state index is -0.179. The van der Waals surface area contributed by atoms with Gasteiger partial charge in [-0.15, -0.1) is 0 Å². The average Bonchev–Trinajstić information content (AvgIpc) is 2.72. The molecule has 2 atom stereocenters. The van der Waals surface area contributed by atoms with E-state index in [1.807, 2.05) is 0 Å². The van der Waals surface area contributed by atoms with Crippen molar-refractivity contribution in [3.63, 3.8) is 0 Å². The molecule has 184 valence electrons. The predicted octanol–water partition coefficient (Wildman–Crippen LogP) is 6.37. The quantitative estimate of drug-likeness (QED) is 0.458. The molecule has 0 bridgehead atoms. The molecular formula is C26H46N2O4. The fourth-order valence-electron chi connectivity index (χ4n) is 3.54. The van der Waals surface area contributed by atoms with E-state index in [2.05, 4.69) is 51.7 Å². The number of cyclic esters (lactones) is 2. The number of carbonyl (C=O) groups is 2. The Labute approximate surface area is 195 Å². The summed E-state index contributed by atoms with van der Waals surface area (Å²) in [4.78, 5) is 23.8. The van der Waals surface area contributed by atoms with Crippen molar-refractivity contribution >= 4 is 23.4 Å². The zero-order valence-corrected chi connectivity index (χ0v) is 21.3. The van der Waals surface area contributed by atoms with Crippen molar-refractivity contribution in [2.75, 3.05) is 13.2 Å². The first-order valence-corrected chi connectivity index (χ1v) is 12.6. The van der Waals surface area contributed by atoms with Gasteiger partial charge >= 0.3 is 11.9 Å². The molecule has 0 saturated carbocycles. The minimum Gasteiger partial charge on any atom is -0.466 e. The molecule has 1 aliphatic rings. The normalized spacial score (nSPS) is 27.9. The maximum absolute atomic E-state index is 11.9. The lowest BCUT2D eigenvalue weighted by Crippen LogP contribution is -2.14. The Morgan fingerprint density at radius 1 is 0.656 bits per heavy atom. The first kappa shape index (κ1) is 28.3. The number of hydrogen-bond acceptors (Lipinski definition) is 6. The summed E-state index contributed by atoms with van der Waals surface area (Å²) in [5, 5.41) is 9.34. The van der Waals surface area contributed by atoms with E-state index in [0.29, 0.717) is 62.6 Å². The van der Waals surface area contributed by atoms with E-state index in [9.17, 15) is 9.59 Å². The molecule has 6 nitrogen and oxygen atoms in total. The molecule has 0 fully saturated rings. The molecule has 1 aliphatic heterocycles. The van der Waals surface area contributed by atoms with E-state index in [4.69, 9.17) is 9.47 Å². The summed E-state index contributed by atoms with van der Waals surface area (Å²) in [6, 6.07) is 0. The third kappa shape index (κ3) is 13.0. The van der Waals surface area contributed by atoms with Gasteiger partial charge in [-0.1, -0.05) is 41.5 Å². The van der Waals surface area contributed by atoms with Crippen LogP contribution >= 0.6 is 0 Å². The third-order valence-corrected chi connectivity index (χ3v) is 6.19. The second-order valence-corrected chi connectivity index (χ2v) is 10.0. The van der Waals surface area contributed by atoms with Crippen LogP contribution in [0.5, 0.6) is 0 Å². The SMILES string of the molecule is CC(C)/C1=N\N=C(/C(C)C)CC[C@@H](C)CCOC(=O)CCCCC(=O)OCC[C@H](C)CC1. The van der Waals surface area contributed by atoms with E-state index in [1.54, 1.807) is 0 Å². The predicted molar refractivity (Wildman–Crippen MR) is 131 cm³/mol. The summed E-state index contributed by atoms with van der Waals surface area (Å²) in [6.07, 6.45) is 7.60. The van der Waals surface area contributed by atoms with Crippen molar-refractivity contribution in [2.45, 2.75) is 106 Å². The van der Waals surface area contributed by atoms with E-state index in [0.717, 1.165) is 49.9 Å². The van der Waals surface area contributed by atoms with Crippen LogP contribution in [0.1, 0.15) is 106 Å². The summed E-state index contributed by atoms with van der Waals surface area (Å²) in [7, 11) is 0. The van der Waals surface area contributed by atoms with Crippen LogP contribution in [0.4, 0.5) is 0 Å². The Kier molecular flexibility index (Phi) is 14.1. The monoisotopic (exact) mass is 450 g/mol. The van der Waals surface area contributed by atoms with Crippen LogP contribution < -0.4 is 0 Å². The number of nitrogens with zero attached hydrogens (tertiary/aromatic N) is 2. The standard InChI is InChI=1S/C26H46N2O4/c1-19(2)23-13-11-21(5)15-17-31-25(29)9-7-8-10-26(30)32-18-16-22(6)12-14-24(20(3)4)28-27-23/h19-22H,7-18H2,1-6H3/b27-23-,28-24-/t21-,22-/m1/s1. The van der Waals surface area contributed by atoms with Crippen molar-refractivity contribution < 1.29 is 19.1 Å². The van der Waals surface area contributed by atoms with Crippen molar-refractivity contribution in [1.82, 2.24) is 0 Å². The van der Waals surface area contributed by atoms with E-state index in [1.165, 1.54) is 0 Å². The summed E-state index contributed by atoms with van der Waals surface area (Å²) in [5.41, 5.74) is 2.27. The number of carbonyl (C=O) groups excluding carboxylic acids is 2. The van der Waals surface area contributed by atoms with Gasteiger partial charge < -0.3 is 9.47 Å². The molecule has 6 heteroatoms. The maximum Gasteiger partial charge on any atom is 0.305 e. The van der Waals surface area contributed by atoms with Crippen LogP contribution in [0, 0.1) is 23.7 Å². The van der Waals surface area contributed by atoms with Crippen LogP contribution in [0.3, 0.4) is 0 Å². The molecule has 0 aromatic carbocycles. The van der Waals surface area contributed by atoms with Gasteiger partial charge in [0.15, 0.2) is 0 Å². The molecule has 0 aromatic rings. The van der Waals surface area contributed by atoms with Crippen molar-refractivity contribution in [2.24, 2.45) is 33.9 Å². The third-order valence-electron chi connectivity index (χ3n) is 6.19. The van der Waals surface area contributed by atoms with Crippen LogP contribution in [0.15, 0.2) is 10.2 Å². The molecule has 32 heavy (non-hydrogen) atoms. The zero-order valence-electron chi connectivity index (χ0n) is 21.3. The molecule has 0 unspecified atom stereocenters. The summed E-state index contributed by atoms with van der Waals surface area (Å²) in [6.45, 7) is 14.0. The van der Waals surface area contributed by atoms with Gasteiger partial charge in [-0.25, -0.2) is 0 Å². The average molecular weight is 451 g/mol. The highest BCUT2D eigenvalue weighted by Crippen LogP contribution is 2.18. The molecule has 0 aromatic heterocycles. The molecular weight excluding hydrogens is 404 g/mol. The summed E-state index contributed by atoms with van der Waals surface area (Å²) in [5.74, 6) is 1.26. The number of rotatable bonds is 2. The second kappa shape index (κ2) is 16.0. The molecule has 0 saturated heterocycles. The highest BCUT2D eigenvalue weighted by molar-refractivity contribution is 5.89. The van der Waals surface area contributed by atoms with E-state index < -0.39 is 0 Å². The number of hydrogen-bond donors (Lipinski definition) is 0. The fourth-order valence-corrected chi connectivity index (χ4v) is 3.54. The summed E-state index contributed by atoms with van der Waals surface area (Å²) >= 11 is 0. The molecule has 0 N–H and O–H groups in total. The van der Waals surface area contributed by atoms with E-state index in [-0.39, 0.29) is 11.9 Å². The number of esters is 2. The van der Waals surface area contributed by atoms with Crippen molar-refractivity contribution in [1.29, 1.82) is 0 Å². The molecule has 1 rings (SSSR count). The van der Waals surface area contributed by atoms with Gasteiger partial charge in [-0.2, -0.15) is 10.2 Å². The van der Waals surface area contributed by atoms with Gasteiger partial charge in [0.05, 0.1) is 13.2 Å². The first-order valence-electron chi connectivity index (χ1n) is 12.6. The van der Waals surface area contributed by atoms with Gasteiger partial charge in [0, 0.05) is 24.3 Å². The Hall–Kier alpha value is -1.72. The summed E-state index contributed by atoms with van der Waals surface area (Å²) < 4.78 is 10.7. The van der Waals surface area contributed by atoms with E-state index >= 15 is 0 Å². The highest BCUT2D eigenvalue weighted by Gasteiger charge is 2.14. The first-order chi connectivity index (χ1) is 15.2. The van der Waals surface area contributed by atoms with Gasteiger partial charge in [0.25, 0.3) is 0 Å². The minimum absolute atomic E-state index is 0.179. The lowest BCUT2D eigenvalue weighted by atomic mass is 9.95. The van der Waals surface area contributed by atoms with Crippen molar-refractivity contribution in [3.8, 4) is 0 Å². The Balaban J connectivity index is 2.83. The topological polar surface area (TPSA) is 77.3 Å². The van der Waals surface area contributed by atoms with Gasteiger partial charge in [-0.05, 0) is 75.0 Å². The van der Waals surface area contributed by atoms with Crippen LogP contribution in [-0.2, 0) is 19.1 Å². The lowest BCUT2D eigenvalue weighted by Gasteiger charge is -2.16. The molecule has 0 radical (unpaired) electrons. The van der Waals surface area contributed by atoms with Gasteiger partial charge in [-0.3, -0.25) is 9.59 Å². The second-order valence-electron chi connectivity index (χ2n) is 10.0. The Morgan fingerprint density at radius 3 is 1.38 bits per heavy atom.